The summed E-state index contributed by atoms with van der Waals surface area (Å²) in [5.74, 6) is 1.38. The fourth-order valence-electron chi connectivity index (χ4n) is 4.81. The highest BCUT2D eigenvalue weighted by atomic mass is 14.3. The molecule has 1 aromatic rings. The molecule has 180 valence electrons. The summed E-state index contributed by atoms with van der Waals surface area (Å²) < 4.78 is 0. The summed E-state index contributed by atoms with van der Waals surface area (Å²) in [6.45, 7) is 24.5. The van der Waals surface area contributed by atoms with Crippen LogP contribution in [0.1, 0.15) is 123 Å². The second kappa shape index (κ2) is 14.6. The first-order chi connectivity index (χ1) is 15.0. The Morgan fingerprint density at radius 2 is 1.66 bits per heavy atom. The minimum atomic E-state index is 0.362. The topological polar surface area (TPSA) is 0 Å². The molecule has 0 heteroatoms. The van der Waals surface area contributed by atoms with Crippen molar-refractivity contribution < 1.29 is 0 Å². The maximum atomic E-state index is 4.25. The Bertz CT molecular complexity index is 711. The summed E-state index contributed by atoms with van der Waals surface area (Å²) >= 11 is 0. The van der Waals surface area contributed by atoms with Crippen LogP contribution in [0.5, 0.6) is 0 Å². The quantitative estimate of drug-likeness (QED) is 0.137. The molecule has 0 N–H and O–H groups in total. The van der Waals surface area contributed by atoms with E-state index in [0.29, 0.717) is 11.3 Å². The van der Waals surface area contributed by atoms with Gasteiger partial charge in [-0.15, -0.1) is 6.58 Å². The summed E-state index contributed by atoms with van der Waals surface area (Å²) in [5, 5.41) is 0. The van der Waals surface area contributed by atoms with Gasteiger partial charge in [0.1, 0.15) is 0 Å². The molecular formula is C32H52. The largest absolute Gasteiger partial charge is 0.100 e. The summed E-state index contributed by atoms with van der Waals surface area (Å²) in [7, 11) is 0. The molecule has 0 aliphatic carbocycles. The average Bonchev–Trinajstić information content (AvgIpc) is 2.70. The van der Waals surface area contributed by atoms with Gasteiger partial charge in [0.25, 0.3) is 0 Å². The molecular weight excluding hydrogens is 384 g/mol. The van der Waals surface area contributed by atoms with Gasteiger partial charge in [0.05, 0.1) is 0 Å². The van der Waals surface area contributed by atoms with Crippen molar-refractivity contribution in [1.29, 1.82) is 0 Å². The standard InChI is InChI=1S/C32H52/c1-10-32(9,21-13-15-28(8)22-26(4)5)24-31(23-27(6)7)30-19-17-29(18-20-30)16-12-11-14-25(2)3/h17-20,22,25,31H,6,8,10-16,21,23-24H2,1-5,7,9H3. The van der Waals surface area contributed by atoms with Crippen molar-refractivity contribution in [1.82, 2.24) is 0 Å². The van der Waals surface area contributed by atoms with Crippen LogP contribution in [-0.2, 0) is 6.42 Å². The van der Waals surface area contributed by atoms with Gasteiger partial charge in [0, 0.05) is 0 Å². The summed E-state index contributed by atoms with van der Waals surface area (Å²) in [6, 6.07) is 9.56. The Hall–Kier alpha value is -1.56. The van der Waals surface area contributed by atoms with Crippen molar-refractivity contribution in [2.45, 2.75) is 119 Å². The molecule has 0 saturated carbocycles. The van der Waals surface area contributed by atoms with E-state index in [1.165, 1.54) is 79.2 Å². The van der Waals surface area contributed by atoms with Crippen LogP contribution in [0.25, 0.3) is 0 Å². The van der Waals surface area contributed by atoms with Gasteiger partial charge in [-0.05, 0) is 94.1 Å². The number of aryl methyl sites for hydroxylation is 1. The van der Waals surface area contributed by atoms with Gasteiger partial charge in [-0.3, -0.25) is 0 Å². The van der Waals surface area contributed by atoms with Crippen LogP contribution in [0, 0.1) is 11.3 Å². The summed E-state index contributed by atoms with van der Waals surface area (Å²) in [5.41, 5.74) is 7.25. The zero-order valence-corrected chi connectivity index (χ0v) is 22.5. The Labute approximate surface area is 201 Å². The maximum Gasteiger partial charge on any atom is -0.0120 e. The molecule has 0 radical (unpaired) electrons. The Balaban J connectivity index is 2.77. The molecule has 0 aromatic heterocycles. The lowest BCUT2D eigenvalue weighted by Gasteiger charge is -2.33. The molecule has 0 bridgehead atoms. The number of hydrogen-bond acceptors (Lipinski definition) is 0. The average molecular weight is 437 g/mol. The van der Waals surface area contributed by atoms with Gasteiger partial charge < -0.3 is 0 Å². The third-order valence-electron chi connectivity index (χ3n) is 6.91. The number of rotatable bonds is 16. The van der Waals surface area contributed by atoms with Gasteiger partial charge in [0.15, 0.2) is 0 Å². The van der Waals surface area contributed by atoms with Crippen molar-refractivity contribution in [2.24, 2.45) is 11.3 Å². The van der Waals surface area contributed by atoms with E-state index in [0.717, 1.165) is 18.8 Å². The van der Waals surface area contributed by atoms with Crippen LogP contribution in [0.2, 0.25) is 0 Å². The Kier molecular flexibility index (Phi) is 13.0. The van der Waals surface area contributed by atoms with E-state index in [1.54, 1.807) is 0 Å². The van der Waals surface area contributed by atoms with E-state index in [4.69, 9.17) is 0 Å². The van der Waals surface area contributed by atoms with Gasteiger partial charge in [-0.1, -0.05) is 101 Å². The molecule has 0 aliphatic heterocycles. The highest BCUT2D eigenvalue weighted by Crippen LogP contribution is 2.41. The van der Waals surface area contributed by atoms with E-state index in [1.807, 2.05) is 0 Å². The summed E-state index contributed by atoms with van der Waals surface area (Å²) in [6.07, 6.45) is 14.6. The summed E-state index contributed by atoms with van der Waals surface area (Å²) in [4.78, 5) is 0. The number of benzene rings is 1. The fraction of sp³-hybridized carbons (Fsp3) is 0.625. The molecule has 0 spiro atoms. The lowest BCUT2D eigenvalue weighted by molar-refractivity contribution is 0.232. The van der Waals surface area contributed by atoms with E-state index in [2.05, 4.69) is 92.0 Å². The number of allylic oxidation sites excluding steroid dienone is 4. The SMILES string of the molecule is C=C(C)CC(CC(C)(CC)CCCC(=C)C=C(C)C)c1ccc(CCCCC(C)C)cc1. The number of hydrogen-bond donors (Lipinski definition) is 0. The molecule has 0 heterocycles. The Morgan fingerprint density at radius 1 is 1.00 bits per heavy atom. The van der Waals surface area contributed by atoms with Crippen LogP contribution in [0.15, 0.2) is 60.2 Å². The Morgan fingerprint density at radius 3 is 2.19 bits per heavy atom. The van der Waals surface area contributed by atoms with Gasteiger partial charge >= 0.3 is 0 Å². The minimum absolute atomic E-state index is 0.362. The monoisotopic (exact) mass is 436 g/mol. The first-order valence-electron chi connectivity index (χ1n) is 13.1. The molecule has 32 heavy (non-hydrogen) atoms. The zero-order valence-electron chi connectivity index (χ0n) is 22.5. The van der Waals surface area contributed by atoms with Crippen LogP contribution >= 0.6 is 0 Å². The molecule has 2 unspecified atom stereocenters. The smallest absolute Gasteiger partial charge is 0.0120 e. The molecule has 1 aromatic carbocycles. The maximum absolute atomic E-state index is 4.25. The molecule has 0 fully saturated rings. The first-order valence-corrected chi connectivity index (χ1v) is 13.1. The van der Waals surface area contributed by atoms with E-state index < -0.39 is 0 Å². The third-order valence-corrected chi connectivity index (χ3v) is 6.91. The molecule has 1 rings (SSSR count). The van der Waals surface area contributed by atoms with Crippen molar-refractivity contribution in [2.75, 3.05) is 0 Å². The van der Waals surface area contributed by atoms with Gasteiger partial charge in [-0.2, -0.15) is 0 Å². The number of unbranched alkanes of at least 4 members (excludes halogenated alkanes) is 1. The predicted molar refractivity (Wildman–Crippen MR) is 146 cm³/mol. The van der Waals surface area contributed by atoms with Crippen LogP contribution in [-0.4, -0.2) is 0 Å². The first kappa shape index (κ1) is 28.5. The van der Waals surface area contributed by atoms with Crippen molar-refractivity contribution in [3.63, 3.8) is 0 Å². The van der Waals surface area contributed by atoms with E-state index >= 15 is 0 Å². The second-order valence-electron chi connectivity index (χ2n) is 11.3. The van der Waals surface area contributed by atoms with Crippen molar-refractivity contribution in [3.05, 3.63) is 71.3 Å². The molecule has 0 amide bonds. The second-order valence-corrected chi connectivity index (χ2v) is 11.3. The minimum Gasteiger partial charge on any atom is -0.100 e. The molecule has 0 saturated heterocycles. The van der Waals surface area contributed by atoms with E-state index in [-0.39, 0.29) is 0 Å². The third kappa shape index (κ3) is 11.9. The van der Waals surface area contributed by atoms with Crippen LogP contribution < -0.4 is 0 Å². The van der Waals surface area contributed by atoms with Crippen LogP contribution in [0.4, 0.5) is 0 Å². The van der Waals surface area contributed by atoms with Gasteiger partial charge in [0.2, 0.25) is 0 Å². The normalized spacial score (nSPS) is 14.1. The lowest BCUT2D eigenvalue weighted by Crippen LogP contribution is -2.20. The zero-order chi connectivity index (χ0) is 24.1. The lowest BCUT2D eigenvalue weighted by atomic mass is 9.72. The highest BCUT2D eigenvalue weighted by Gasteiger charge is 2.27. The van der Waals surface area contributed by atoms with Gasteiger partial charge in [-0.25, -0.2) is 0 Å². The molecule has 2 atom stereocenters. The fourth-order valence-corrected chi connectivity index (χ4v) is 4.81. The molecule has 0 aliphatic rings. The molecule has 0 nitrogen and oxygen atoms in total. The highest BCUT2D eigenvalue weighted by molar-refractivity contribution is 5.27. The van der Waals surface area contributed by atoms with Crippen molar-refractivity contribution in [3.8, 4) is 0 Å². The predicted octanol–water partition coefficient (Wildman–Crippen LogP) is 10.6. The van der Waals surface area contributed by atoms with Crippen LogP contribution in [0.3, 0.4) is 0 Å². The van der Waals surface area contributed by atoms with E-state index in [9.17, 15) is 0 Å². The van der Waals surface area contributed by atoms with Crippen molar-refractivity contribution >= 4 is 0 Å².